The summed E-state index contributed by atoms with van der Waals surface area (Å²) < 4.78 is 15.3. The predicted molar refractivity (Wildman–Crippen MR) is 71.2 cm³/mol. The van der Waals surface area contributed by atoms with Gasteiger partial charge < -0.3 is 4.74 Å². The highest BCUT2D eigenvalue weighted by molar-refractivity contribution is 14.1. The Hall–Kier alpha value is 1.22. The monoisotopic (exact) mass is 447 g/mol. The maximum Gasteiger partial charge on any atom is 0.194 e. The van der Waals surface area contributed by atoms with E-state index in [1.807, 2.05) is 6.92 Å². The Morgan fingerprint density at radius 3 is 2.47 bits per heavy atom. The summed E-state index contributed by atoms with van der Waals surface area (Å²) in [4.78, 5) is 5.35. The van der Waals surface area contributed by atoms with Gasteiger partial charge in [0.1, 0.15) is 36.6 Å². The molecule has 0 aliphatic rings. The standard InChI is InChI=1S/C7H17I2N2O4/c1-4-12-7-5-6-11(3,14-9)15-10(2)13-8/h4-7H2,1-3H3/q+1. The SMILES string of the molecule is CCOCCC[N+](C)(OI)ON(C)OI. The Morgan fingerprint density at radius 1 is 1.33 bits per heavy atom. The number of nitrogens with zero attached hydrogens (tertiary/aromatic N) is 2. The van der Waals surface area contributed by atoms with Crippen LogP contribution in [0.5, 0.6) is 0 Å². The van der Waals surface area contributed by atoms with Crippen molar-refractivity contribution >= 4 is 46.0 Å². The van der Waals surface area contributed by atoms with E-state index in [4.69, 9.17) is 16.0 Å². The Balaban J connectivity index is 3.85. The summed E-state index contributed by atoms with van der Waals surface area (Å²) in [5.74, 6) is 0. The maximum atomic E-state index is 5.37. The van der Waals surface area contributed by atoms with E-state index in [1.165, 1.54) is 5.23 Å². The van der Waals surface area contributed by atoms with Crippen LogP contribution >= 0.6 is 46.0 Å². The van der Waals surface area contributed by atoms with Gasteiger partial charge in [0, 0.05) is 20.1 Å². The van der Waals surface area contributed by atoms with Crippen molar-refractivity contribution in [1.82, 2.24) is 5.23 Å². The van der Waals surface area contributed by atoms with Crippen LogP contribution in [-0.4, -0.2) is 43.9 Å². The zero-order chi connectivity index (χ0) is 11.7. The topological polar surface area (TPSA) is 40.2 Å². The van der Waals surface area contributed by atoms with Gasteiger partial charge in [0.15, 0.2) is 23.0 Å². The van der Waals surface area contributed by atoms with Gasteiger partial charge >= 0.3 is 0 Å². The molecule has 0 aromatic heterocycles. The van der Waals surface area contributed by atoms with Crippen molar-refractivity contribution in [2.45, 2.75) is 13.3 Å². The molecule has 0 amide bonds. The Labute approximate surface area is 119 Å². The van der Waals surface area contributed by atoms with E-state index in [9.17, 15) is 0 Å². The third kappa shape index (κ3) is 8.01. The lowest BCUT2D eigenvalue weighted by Gasteiger charge is -2.26. The number of quaternary nitrogens is 1. The summed E-state index contributed by atoms with van der Waals surface area (Å²) in [7, 11) is 3.45. The Bertz CT molecular complexity index is 166. The van der Waals surface area contributed by atoms with Crippen LogP contribution < -0.4 is 0 Å². The van der Waals surface area contributed by atoms with E-state index < -0.39 is 0 Å². The van der Waals surface area contributed by atoms with Crippen LogP contribution in [0.4, 0.5) is 0 Å². The fourth-order valence-corrected chi connectivity index (χ4v) is 1.28. The van der Waals surface area contributed by atoms with Gasteiger partial charge in [-0.25, -0.2) is 0 Å². The maximum absolute atomic E-state index is 5.37. The van der Waals surface area contributed by atoms with E-state index in [0.29, 0.717) is 13.2 Å². The van der Waals surface area contributed by atoms with Crippen molar-refractivity contribution in [2.75, 3.05) is 33.9 Å². The lowest BCUT2D eigenvalue weighted by molar-refractivity contribution is -1.23. The number of rotatable bonds is 9. The van der Waals surface area contributed by atoms with Crippen molar-refractivity contribution in [3.8, 4) is 0 Å². The van der Waals surface area contributed by atoms with Gasteiger partial charge in [0.2, 0.25) is 0 Å². The number of hydroxylamine groups is 6. The van der Waals surface area contributed by atoms with Crippen molar-refractivity contribution in [1.29, 1.82) is 0 Å². The summed E-state index contributed by atoms with van der Waals surface area (Å²) in [6.45, 7) is 4.07. The Morgan fingerprint density at radius 2 is 2.00 bits per heavy atom. The third-order valence-corrected chi connectivity index (χ3v) is 2.98. The van der Waals surface area contributed by atoms with Crippen molar-refractivity contribution in [3.63, 3.8) is 0 Å². The highest BCUT2D eigenvalue weighted by Gasteiger charge is 2.28. The highest BCUT2D eigenvalue weighted by atomic mass is 127. The normalized spacial score (nSPS) is 15.6. The molecule has 1 atom stereocenters. The largest absolute Gasteiger partial charge is 0.382 e. The first-order valence-corrected chi connectivity index (χ1v) is 6.30. The first-order valence-electron chi connectivity index (χ1n) is 4.53. The van der Waals surface area contributed by atoms with Crippen LogP contribution in [0.25, 0.3) is 0 Å². The number of halogens is 2. The summed E-state index contributed by atoms with van der Waals surface area (Å²) >= 11 is 3.53. The molecular formula is C7H17I2N2O4+. The smallest absolute Gasteiger partial charge is 0.194 e. The molecule has 0 bridgehead atoms. The van der Waals surface area contributed by atoms with Crippen LogP contribution in [-0.2, 0) is 16.0 Å². The molecule has 0 aromatic rings. The molecule has 0 radical (unpaired) electrons. The molecule has 0 aromatic carbocycles. The van der Waals surface area contributed by atoms with Gasteiger partial charge in [-0.05, 0) is 21.9 Å². The predicted octanol–water partition coefficient (Wildman–Crippen LogP) is 2.20. The van der Waals surface area contributed by atoms with Crippen molar-refractivity contribution in [3.05, 3.63) is 0 Å². The Kier molecular flexibility index (Phi) is 10.0. The lowest BCUT2D eigenvalue weighted by Crippen LogP contribution is -2.46. The van der Waals surface area contributed by atoms with E-state index in [0.717, 1.165) is 13.0 Å². The molecule has 1 unspecified atom stereocenters. The van der Waals surface area contributed by atoms with Gasteiger partial charge in [-0.2, -0.15) is 3.17 Å². The van der Waals surface area contributed by atoms with Gasteiger partial charge in [0.25, 0.3) is 0 Å². The van der Waals surface area contributed by atoms with Crippen molar-refractivity contribution < 1.29 is 20.8 Å². The first-order chi connectivity index (χ1) is 7.08. The summed E-state index contributed by atoms with van der Waals surface area (Å²) in [6, 6.07) is 0. The lowest BCUT2D eigenvalue weighted by atomic mass is 10.4. The average Bonchev–Trinajstić information content (AvgIpc) is 2.24. The van der Waals surface area contributed by atoms with E-state index in [-0.39, 0.29) is 4.81 Å². The fourth-order valence-electron chi connectivity index (χ4n) is 0.942. The molecule has 0 saturated heterocycles. The second-order valence-corrected chi connectivity index (χ2v) is 3.74. The van der Waals surface area contributed by atoms with Gasteiger partial charge in [-0.15, -0.1) is 0 Å². The summed E-state index contributed by atoms with van der Waals surface area (Å²) in [5.41, 5.74) is 0. The van der Waals surface area contributed by atoms with Crippen LogP contribution in [0, 0.1) is 0 Å². The molecule has 0 aliphatic heterocycles. The molecule has 15 heavy (non-hydrogen) atoms. The first kappa shape index (κ1) is 16.2. The minimum Gasteiger partial charge on any atom is -0.382 e. The molecule has 0 rings (SSSR count). The van der Waals surface area contributed by atoms with Gasteiger partial charge in [-0.3, -0.25) is 0 Å². The van der Waals surface area contributed by atoms with Gasteiger partial charge in [0.05, 0.1) is 6.61 Å². The quantitative estimate of drug-likeness (QED) is 0.235. The van der Waals surface area contributed by atoms with E-state index in [1.54, 1.807) is 60.1 Å². The molecule has 0 saturated carbocycles. The van der Waals surface area contributed by atoms with Crippen LogP contribution in [0.15, 0.2) is 0 Å². The third-order valence-electron chi connectivity index (χ3n) is 1.59. The van der Waals surface area contributed by atoms with Crippen LogP contribution in [0.2, 0.25) is 0 Å². The second kappa shape index (κ2) is 9.27. The molecule has 0 spiro atoms. The zero-order valence-electron chi connectivity index (χ0n) is 9.11. The zero-order valence-corrected chi connectivity index (χ0v) is 13.4. The van der Waals surface area contributed by atoms with Crippen molar-refractivity contribution in [2.24, 2.45) is 0 Å². The highest BCUT2D eigenvalue weighted by Crippen LogP contribution is 2.14. The molecule has 0 N–H and O–H groups in total. The molecule has 92 valence electrons. The molecule has 0 aliphatic carbocycles. The number of hydrogen-bond donors (Lipinski definition) is 0. The van der Waals surface area contributed by atoms with Crippen LogP contribution in [0.1, 0.15) is 13.3 Å². The summed E-state index contributed by atoms with van der Waals surface area (Å²) in [5, 5.41) is 1.24. The number of hydrogen-bond acceptors (Lipinski definition) is 5. The number of ether oxygens (including phenoxy) is 1. The van der Waals surface area contributed by atoms with E-state index >= 15 is 0 Å². The van der Waals surface area contributed by atoms with E-state index in [2.05, 4.69) is 0 Å². The molecule has 0 fully saturated rings. The molecule has 8 heteroatoms. The summed E-state index contributed by atoms with van der Waals surface area (Å²) in [6.07, 6.45) is 0.850. The average molecular weight is 447 g/mol. The second-order valence-electron chi connectivity index (χ2n) is 2.95. The van der Waals surface area contributed by atoms with Crippen LogP contribution in [0.3, 0.4) is 0 Å². The minimum absolute atomic E-state index is 0.0207. The molecule has 0 heterocycles. The minimum atomic E-state index is -0.0207. The molecular weight excluding hydrogens is 430 g/mol. The van der Waals surface area contributed by atoms with Gasteiger partial charge in [-0.1, -0.05) is 3.17 Å². The fraction of sp³-hybridized carbons (Fsp3) is 1.00. The molecule has 6 nitrogen and oxygen atoms in total.